The highest BCUT2D eigenvalue weighted by Gasteiger charge is 2.22. The highest BCUT2D eigenvalue weighted by Crippen LogP contribution is 2.28. The summed E-state index contributed by atoms with van der Waals surface area (Å²) >= 11 is 0. The molecule has 2 nitrogen and oxygen atoms in total. The molecule has 1 N–H and O–H groups in total. The lowest BCUT2D eigenvalue weighted by Crippen LogP contribution is -2.28. The number of alkyl halides is 1. The van der Waals surface area contributed by atoms with Crippen LogP contribution in [0.4, 0.5) is 4.39 Å². The summed E-state index contributed by atoms with van der Waals surface area (Å²) in [6.07, 6.45) is 3.67. The van der Waals surface area contributed by atoms with E-state index in [1.54, 1.807) is 0 Å². The molecule has 0 aromatic heterocycles. The van der Waals surface area contributed by atoms with Gasteiger partial charge in [-0.1, -0.05) is 24.3 Å². The lowest BCUT2D eigenvalue weighted by Gasteiger charge is -2.25. The SMILES string of the molecule is F[C@@H]1CCN(CCc2ccccc2C2CCNCC2)C1. The molecular weight excluding hydrogens is 251 g/mol. The van der Waals surface area contributed by atoms with Crippen molar-refractivity contribution in [2.24, 2.45) is 0 Å². The maximum Gasteiger partial charge on any atom is 0.114 e. The van der Waals surface area contributed by atoms with Crippen LogP contribution in [0.3, 0.4) is 0 Å². The Morgan fingerprint density at radius 3 is 2.70 bits per heavy atom. The molecule has 0 unspecified atom stereocenters. The molecule has 2 heterocycles. The van der Waals surface area contributed by atoms with Gasteiger partial charge >= 0.3 is 0 Å². The van der Waals surface area contributed by atoms with Gasteiger partial charge in [0, 0.05) is 19.6 Å². The summed E-state index contributed by atoms with van der Waals surface area (Å²) in [6, 6.07) is 8.86. The van der Waals surface area contributed by atoms with Crippen molar-refractivity contribution in [3.05, 3.63) is 35.4 Å². The normalized spacial score (nSPS) is 25.1. The van der Waals surface area contributed by atoms with Gasteiger partial charge in [-0.3, -0.25) is 0 Å². The van der Waals surface area contributed by atoms with E-state index in [9.17, 15) is 4.39 Å². The lowest BCUT2D eigenvalue weighted by molar-refractivity contribution is 0.290. The van der Waals surface area contributed by atoms with Crippen LogP contribution >= 0.6 is 0 Å². The van der Waals surface area contributed by atoms with Crippen LogP contribution in [0, 0.1) is 0 Å². The molecule has 2 saturated heterocycles. The number of nitrogens with zero attached hydrogens (tertiary/aromatic N) is 1. The molecule has 110 valence electrons. The molecule has 3 rings (SSSR count). The number of piperidine rings is 1. The highest BCUT2D eigenvalue weighted by atomic mass is 19.1. The molecule has 0 amide bonds. The van der Waals surface area contributed by atoms with Crippen LogP contribution in [0.15, 0.2) is 24.3 Å². The molecular formula is C17H25FN2. The standard InChI is InChI=1S/C17H25FN2/c18-16-8-12-20(13-16)11-7-14-3-1-2-4-17(14)15-5-9-19-10-6-15/h1-4,15-16,19H,5-13H2/t16-/m1/s1. The first-order valence-corrected chi connectivity index (χ1v) is 7.98. The molecule has 1 atom stereocenters. The van der Waals surface area contributed by atoms with E-state index in [-0.39, 0.29) is 0 Å². The fourth-order valence-corrected chi connectivity index (χ4v) is 3.56. The van der Waals surface area contributed by atoms with Crippen LogP contribution in [0.25, 0.3) is 0 Å². The minimum atomic E-state index is -0.602. The number of hydrogen-bond acceptors (Lipinski definition) is 2. The van der Waals surface area contributed by atoms with E-state index < -0.39 is 6.17 Å². The number of benzene rings is 1. The lowest BCUT2D eigenvalue weighted by atomic mass is 9.86. The number of likely N-dealkylation sites (tertiary alicyclic amines) is 1. The first kappa shape index (κ1) is 14.0. The van der Waals surface area contributed by atoms with E-state index in [2.05, 4.69) is 34.5 Å². The van der Waals surface area contributed by atoms with Crippen LogP contribution in [-0.2, 0) is 6.42 Å². The molecule has 2 aliphatic heterocycles. The van der Waals surface area contributed by atoms with Gasteiger partial charge in [-0.25, -0.2) is 4.39 Å². The summed E-state index contributed by atoms with van der Waals surface area (Å²) in [5.74, 6) is 0.708. The number of nitrogens with one attached hydrogen (secondary N) is 1. The molecule has 0 saturated carbocycles. The van der Waals surface area contributed by atoms with Crippen molar-refractivity contribution >= 4 is 0 Å². The predicted molar refractivity (Wildman–Crippen MR) is 80.9 cm³/mol. The largest absolute Gasteiger partial charge is 0.317 e. The van der Waals surface area contributed by atoms with Crippen molar-refractivity contribution in [1.82, 2.24) is 10.2 Å². The fraction of sp³-hybridized carbons (Fsp3) is 0.647. The predicted octanol–water partition coefficient (Wildman–Crippen LogP) is 2.74. The summed E-state index contributed by atoms with van der Waals surface area (Å²) in [7, 11) is 0. The smallest absolute Gasteiger partial charge is 0.114 e. The summed E-state index contributed by atoms with van der Waals surface area (Å²) in [6.45, 7) is 4.83. The van der Waals surface area contributed by atoms with E-state index in [4.69, 9.17) is 0 Å². The van der Waals surface area contributed by atoms with Crippen LogP contribution in [0.2, 0.25) is 0 Å². The monoisotopic (exact) mass is 276 g/mol. The molecule has 0 radical (unpaired) electrons. The van der Waals surface area contributed by atoms with Gasteiger partial charge in [0.05, 0.1) is 0 Å². The second kappa shape index (κ2) is 6.68. The zero-order chi connectivity index (χ0) is 13.8. The summed E-state index contributed by atoms with van der Waals surface area (Å²) in [5, 5.41) is 3.44. The number of hydrogen-bond donors (Lipinski definition) is 1. The van der Waals surface area contributed by atoms with Crippen molar-refractivity contribution in [2.75, 3.05) is 32.7 Å². The van der Waals surface area contributed by atoms with Crippen molar-refractivity contribution < 1.29 is 4.39 Å². The fourth-order valence-electron chi connectivity index (χ4n) is 3.56. The van der Waals surface area contributed by atoms with Crippen molar-refractivity contribution in [3.63, 3.8) is 0 Å². The van der Waals surface area contributed by atoms with Gasteiger partial charge in [0.15, 0.2) is 0 Å². The first-order valence-electron chi connectivity index (χ1n) is 7.98. The van der Waals surface area contributed by atoms with E-state index in [1.165, 1.54) is 24.0 Å². The van der Waals surface area contributed by atoms with Gasteiger partial charge in [0.25, 0.3) is 0 Å². The topological polar surface area (TPSA) is 15.3 Å². The number of halogens is 1. The maximum atomic E-state index is 13.2. The summed E-state index contributed by atoms with van der Waals surface area (Å²) in [5.41, 5.74) is 3.01. The van der Waals surface area contributed by atoms with Crippen molar-refractivity contribution in [1.29, 1.82) is 0 Å². The Hall–Kier alpha value is -0.930. The molecule has 3 heteroatoms. The average Bonchev–Trinajstić information content (AvgIpc) is 2.92. The van der Waals surface area contributed by atoms with E-state index >= 15 is 0 Å². The Kier molecular flexibility index (Phi) is 4.69. The van der Waals surface area contributed by atoms with E-state index in [0.717, 1.165) is 39.0 Å². The summed E-state index contributed by atoms with van der Waals surface area (Å²) < 4.78 is 13.2. The first-order chi connectivity index (χ1) is 9.83. The minimum absolute atomic E-state index is 0.602. The van der Waals surface area contributed by atoms with Crippen LogP contribution in [0.1, 0.15) is 36.3 Å². The van der Waals surface area contributed by atoms with Gasteiger partial charge in [-0.15, -0.1) is 0 Å². The quantitative estimate of drug-likeness (QED) is 0.909. The second-order valence-electron chi connectivity index (χ2n) is 6.16. The van der Waals surface area contributed by atoms with Gasteiger partial charge in [-0.05, 0) is 55.8 Å². The Balaban J connectivity index is 1.63. The zero-order valence-electron chi connectivity index (χ0n) is 12.2. The Morgan fingerprint density at radius 2 is 1.95 bits per heavy atom. The molecule has 0 aliphatic carbocycles. The highest BCUT2D eigenvalue weighted by molar-refractivity contribution is 5.31. The van der Waals surface area contributed by atoms with Gasteiger partial charge < -0.3 is 10.2 Å². The second-order valence-corrected chi connectivity index (χ2v) is 6.16. The molecule has 1 aromatic rings. The van der Waals surface area contributed by atoms with Gasteiger partial charge in [0.2, 0.25) is 0 Å². The third kappa shape index (κ3) is 3.39. The molecule has 0 bridgehead atoms. The minimum Gasteiger partial charge on any atom is -0.317 e. The molecule has 1 aromatic carbocycles. The maximum absolute atomic E-state index is 13.2. The average molecular weight is 276 g/mol. The van der Waals surface area contributed by atoms with Crippen LogP contribution in [-0.4, -0.2) is 43.8 Å². The van der Waals surface area contributed by atoms with E-state index in [0.29, 0.717) is 12.5 Å². The zero-order valence-corrected chi connectivity index (χ0v) is 12.2. The number of rotatable bonds is 4. The Morgan fingerprint density at radius 1 is 1.15 bits per heavy atom. The third-order valence-electron chi connectivity index (χ3n) is 4.75. The molecule has 2 fully saturated rings. The summed E-state index contributed by atoms with van der Waals surface area (Å²) in [4.78, 5) is 2.27. The van der Waals surface area contributed by atoms with Gasteiger partial charge in [0.1, 0.15) is 6.17 Å². The molecule has 2 aliphatic rings. The van der Waals surface area contributed by atoms with Crippen LogP contribution < -0.4 is 5.32 Å². The third-order valence-corrected chi connectivity index (χ3v) is 4.75. The van der Waals surface area contributed by atoms with Crippen molar-refractivity contribution in [3.8, 4) is 0 Å². The van der Waals surface area contributed by atoms with Crippen molar-refractivity contribution in [2.45, 2.75) is 37.8 Å². The molecule has 0 spiro atoms. The molecule has 20 heavy (non-hydrogen) atoms. The Labute approximate surface area is 121 Å². The van der Waals surface area contributed by atoms with E-state index in [1.807, 2.05) is 0 Å². The Bertz CT molecular complexity index is 429. The van der Waals surface area contributed by atoms with Crippen LogP contribution in [0.5, 0.6) is 0 Å². The van der Waals surface area contributed by atoms with Gasteiger partial charge in [-0.2, -0.15) is 0 Å².